The highest BCUT2D eigenvalue weighted by molar-refractivity contribution is 5.88. The highest BCUT2D eigenvalue weighted by atomic mass is 16.5. The van der Waals surface area contributed by atoms with Gasteiger partial charge in [-0.25, -0.2) is 0 Å². The molecule has 1 aliphatic rings. The van der Waals surface area contributed by atoms with Gasteiger partial charge in [0.15, 0.2) is 5.60 Å². The summed E-state index contributed by atoms with van der Waals surface area (Å²) in [6.07, 6.45) is 8.23. The average Bonchev–Trinajstić information content (AvgIpc) is 2.31. The number of ether oxygens (including phenoxy) is 1. The van der Waals surface area contributed by atoms with Crippen LogP contribution in [0.2, 0.25) is 0 Å². The number of likely N-dealkylation sites (N-methyl/N-ethyl adjacent to an activating group) is 1. The van der Waals surface area contributed by atoms with Crippen molar-refractivity contribution in [3.05, 3.63) is 24.3 Å². The van der Waals surface area contributed by atoms with E-state index in [4.69, 9.17) is 4.74 Å². The number of nitrogens with zero attached hydrogens (tertiary/aromatic N) is 1. The van der Waals surface area contributed by atoms with Crippen LogP contribution in [0.1, 0.15) is 20.3 Å². The molecule has 0 aliphatic heterocycles. The molecule has 0 fully saturated rings. The van der Waals surface area contributed by atoms with E-state index >= 15 is 0 Å². The van der Waals surface area contributed by atoms with Crippen LogP contribution in [0.5, 0.6) is 0 Å². The zero-order valence-corrected chi connectivity index (χ0v) is 9.69. The van der Waals surface area contributed by atoms with E-state index in [1.807, 2.05) is 38.2 Å². The lowest BCUT2D eigenvalue weighted by molar-refractivity contribution is -0.148. The molecule has 0 aromatic carbocycles. The molecule has 3 heteroatoms. The lowest BCUT2D eigenvalue weighted by Crippen LogP contribution is -2.49. The molecule has 1 atom stereocenters. The molecule has 84 valence electrons. The summed E-state index contributed by atoms with van der Waals surface area (Å²) in [5.41, 5.74) is -0.777. The largest absolute Gasteiger partial charge is 0.364 e. The molecular formula is C12H19NO2. The number of rotatable bonds is 4. The molecule has 0 saturated carbocycles. The summed E-state index contributed by atoms with van der Waals surface area (Å²) in [5, 5.41) is 0. The molecule has 3 nitrogen and oxygen atoms in total. The van der Waals surface area contributed by atoms with Gasteiger partial charge in [-0.1, -0.05) is 18.2 Å². The van der Waals surface area contributed by atoms with Gasteiger partial charge in [-0.05, 0) is 19.9 Å². The van der Waals surface area contributed by atoms with Crippen molar-refractivity contribution >= 4 is 5.91 Å². The van der Waals surface area contributed by atoms with Crippen molar-refractivity contribution in [1.29, 1.82) is 0 Å². The highest BCUT2D eigenvalue weighted by Crippen LogP contribution is 2.24. The van der Waals surface area contributed by atoms with Crippen molar-refractivity contribution in [1.82, 2.24) is 4.90 Å². The van der Waals surface area contributed by atoms with Gasteiger partial charge in [-0.3, -0.25) is 4.79 Å². The fourth-order valence-corrected chi connectivity index (χ4v) is 1.78. The predicted molar refractivity (Wildman–Crippen MR) is 60.6 cm³/mol. The van der Waals surface area contributed by atoms with Gasteiger partial charge in [0.05, 0.1) is 0 Å². The molecule has 0 saturated heterocycles. The van der Waals surface area contributed by atoms with E-state index in [0.717, 1.165) is 13.1 Å². The van der Waals surface area contributed by atoms with E-state index in [2.05, 4.69) is 0 Å². The Balaban J connectivity index is 2.86. The Morgan fingerprint density at radius 1 is 1.40 bits per heavy atom. The Kier molecular flexibility index (Phi) is 4.09. The summed E-state index contributed by atoms with van der Waals surface area (Å²) in [4.78, 5) is 14.0. The van der Waals surface area contributed by atoms with Crippen LogP contribution in [-0.2, 0) is 9.53 Å². The second-order valence-electron chi connectivity index (χ2n) is 3.56. The first kappa shape index (κ1) is 12.0. The van der Waals surface area contributed by atoms with Crippen molar-refractivity contribution in [2.45, 2.75) is 25.9 Å². The van der Waals surface area contributed by atoms with E-state index in [1.54, 1.807) is 12.0 Å². The molecular weight excluding hydrogens is 190 g/mol. The minimum atomic E-state index is -0.777. The number of carbonyl (C=O) groups is 1. The third-order valence-corrected chi connectivity index (χ3v) is 2.81. The molecule has 0 aromatic rings. The maximum Gasteiger partial charge on any atom is 0.259 e. The summed E-state index contributed by atoms with van der Waals surface area (Å²) in [7, 11) is 1.59. The van der Waals surface area contributed by atoms with Gasteiger partial charge in [-0.2, -0.15) is 0 Å². The van der Waals surface area contributed by atoms with Crippen molar-refractivity contribution < 1.29 is 9.53 Å². The number of hydrogen-bond acceptors (Lipinski definition) is 2. The quantitative estimate of drug-likeness (QED) is 0.706. The average molecular weight is 209 g/mol. The van der Waals surface area contributed by atoms with Crippen LogP contribution in [0.4, 0.5) is 0 Å². The number of carbonyl (C=O) groups excluding carboxylic acids is 1. The number of hydrogen-bond donors (Lipinski definition) is 0. The van der Waals surface area contributed by atoms with Gasteiger partial charge in [0.2, 0.25) is 0 Å². The minimum Gasteiger partial charge on any atom is -0.364 e. The Morgan fingerprint density at radius 3 is 2.47 bits per heavy atom. The molecule has 0 spiro atoms. The van der Waals surface area contributed by atoms with Crippen LogP contribution >= 0.6 is 0 Å². The Hall–Kier alpha value is -1.09. The lowest BCUT2D eigenvalue weighted by atomic mass is 9.93. The lowest BCUT2D eigenvalue weighted by Gasteiger charge is -2.33. The molecule has 0 N–H and O–H groups in total. The summed E-state index contributed by atoms with van der Waals surface area (Å²) in [6.45, 7) is 5.40. The second-order valence-corrected chi connectivity index (χ2v) is 3.56. The molecule has 0 radical (unpaired) electrons. The van der Waals surface area contributed by atoms with Crippen LogP contribution in [-0.4, -0.2) is 36.6 Å². The minimum absolute atomic E-state index is 0.0515. The normalized spacial score (nSPS) is 24.2. The first-order valence-electron chi connectivity index (χ1n) is 5.39. The van der Waals surface area contributed by atoms with Crippen molar-refractivity contribution in [3.63, 3.8) is 0 Å². The van der Waals surface area contributed by atoms with Crippen LogP contribution in [0.15, 0.2) is 24.3 Å². The molecule has 0 bridgehead atoms. The number of methoxy groups -OCH3 is 1. The maximum atomic E-state index is 12.2. The van der Waals surface area contributed by atoms with E-state index in [1.165, 1.54) is 0 Å². The third-order valence-electron chi connectivity index (χ3n) is 2.81. The highest BCUT2D eigenvalue weighted by Gasteiger charge is 2.37. The molecule has 0 aromatic heterocycles. The second kappa shape index (κ2) is 5.12. The Bertz CT molecular complexity index is 279. The van der Waals surface area contributed by atoms with Crippen LogP contribution < -0.4 is 0 Å². The van der Waals surface area contributed by atoms with Crippen molar-refractivity contribution in [2.24, 2.45) is 0 Å². The summed E-state index contributed by atoms with van der Waals surface area (Å²) < 4.78 is 5.40. The van der Waals surface area contributed by atoms with E-state index in [9.17, 15) is 4.79 Å². The fraction of sp³-hybridized carbons (Fsp3) is 0.583. The number of allylic oxidation sites excluding steroid dienone is 2. The van der Waals surface area contributed by atoms with Crippen LogP contribution in [0.3, 0.4) is 0 Å². The fourth-order valence-electron chi connectivity index (χ4n) is 1.78. The Morgan fingerprint density at radius 2 is 2.07 bits per heavy atom. The SMILES string of the molecule is CCN(CC)C(=O)C1(OC)C=CC=CC1. The monoisotopic (exact) mass is 209 g/mol. The predicted octanol–water partition coefficient (Wildman–Crippen LogP) is 1.76. The van der Waals surface area contributed by atoms with Crippen molar-refractivity contribution in [2.75, 3.05) is 20.2 Å². The van der Waals surface area contributed by atoms with Crippen molar-refractivity contribution in [3.8, 4) is 0 Å². The van der Waals surface area contributed by atoms with Gasteiger partial charge >= 0.3 is 0 Å². The van der Waals surface area contributed by atoms with Crippen LogP contribution in [0.25, 0.3) is 0 Å². The molecule has 1 rings (SSSR count). The van der Waals surface area contributed by atoms with E-state index < -0.39 is 5.60 Å². The molecule has 0 heterocycles. The third kappa shape index (κ3) is 2.29. The summed E-state index contributed by atoms with van der Waals surface area (Å²) in [5.74, 6) is 0.0515. The van der Waals surface area contributed by atoms with Gasteiger partial charge in [0.25, 0.3) is 5.91 Å². The topological polar surface area (TPSA) is 29.5 Å². The summed E-state index contributed by atoms with van der Waals surface area (Å²) >= 11 is 0. The van der Waals surface area contributed by atoms with Gasteiger partial charge in [-0.15, -0.1) is 0 Å². The number of amides is 1. The Labute approximate surface area is 91.4 Å². The first-order valence-corrected chi connectivity index (χ1v) is 5.39. The van der Waals surface area contributed by atoms with Crippen LogP contribution in [0, 0.1) is 0 Å². The molecule has 15 heavy (non-hydrogen) atoms. The standard InChI is InChI=1S/C12H19NO2/c1-4-13(5-2)11(14)12(15-3)9-7-6-8-10-12/h6-9H,4-5,10H2,1-3H3. The van der Waals surface area contributed by atoms with Gasteiger partial charge < -0.3 is 9.64 Å². The van der Waals surface area contributed by atoms with Gasteiger partial charge in [0.1, 0.15) is 0 Å². The molecule has 1 unspecified atom stereocenters. The maximum absolute atomic E-state index is 12.2. The van der Waals surface area contributed by atoms with Gasteiger partial charge in [0, 0.05) is 26.6 Å². The molecule has 1 amide bonds. The van der Waals surface area contributed by atoms with E-state index in [-0.39, 0.29) is 5.91 Å². The zero-order chi connectivity index (χ0) is 11.3. The first-order chi connectivity index (χ1) is 7.20. The smallest absolute Gasteiger partial charge is 0.259 e. The van der Waals surface area contributed by atoms with E-state index in [0.29, 0.717) is 6.42 Å². The zero-order valence-electron chi connectivity index (χ0n) is 9.69. The summed E-state index contributed by atoms with van der Waals surface area (Å²) in [6, 6.07) is 0. The molecule has 1 aliphatic carbocycles.